The molecule has 0 aromatic rings. The Morgan fingerprint density at radius 2 is 1.74 bits per heavy atom. The monoisotopic (exact) mass is 289 g/mol. The van der Waals surface area contributed by atoms with Crippen LogP contribution in [0.5, 0.6) is 0 Å². The first-order valence-electron chi connectivity index (χ1n) is 7.21. The third-order valence-corrected chi connectivity index (χ3v) is 6.70. The molecule has 0 amide bonds. The van der Waals surface area contributed by atoms with Crippen molar-refractivity contribution in [3.63, 3.8) is 0 Å². The van der Waals surface area contributed by atoms with Crippen LogP contribution in [-0.4, -0.2) is 53.0 Å². The smallest absolute Gasteiger partial charge is 0.169 e. The van der Waals surface area contributed by atoms with Gasteiger partial charge in [-0.15, -0.1) is 0 Å². The van der Waals surface area contributed by atoms with Crippen molar-refractivity contribution in [2.75, 3.05) is 26.4 Å². The highest BCUT2D eigenvalue weighted by Crippen LogP contribution is 2.38. The van der Waals surface area contributed by atoms with Gasteiger partial charge in [-0.3, -0.25) is 4.21 Å². The summed E-state index contributed by atoms with van der Waals surface area (Å²) in [6.45, 7) is 2.73. The molecule has 2 N–H and O–H groups in total. The van der Waals surface area contributed by atoms with Gasteiger partial charge < -0.3 is 19.9 Å². The summed E-state index contributed by atoms with van der Waals surface area (Å²) < 4.78 is 29.6. The topological polar surface area (TPSA) is 70.8 Å². The van der Waals surface area contributed by atoms with E-state index >= 15 is 0 Å². The Labute approximate surface area is 116 Å². The second-order valence-electron chi connectivity index (χ2n) is 5.69. The van der Waals surface area contributed by atoms with Crippen LogP contribution in [0, 0.1) is 0 Å². The molecule has 0 radical (unpaired) electrons. The van der Waals surface area contributed by atoms with Crippen molar-refractivity contribution in [1.29, 1.82) is 0 Å². The molecule has 3 atom stereocenters. The van der Waals surface area contributed by atoms with Crippen molar-refractivity contribution in [2.45, 2.75) is 54.4 Å². The lowest BCUT2D eigenvalue weighted by Gasteiger charge is -2.40. The van der Waals surface area contributed by atoms with Crippen molar-refractivity contribution in [2.24, 2.45) is 5.73 Å². The van der Waals surface area contributed by atoms with Gasteiger partial charge in [-0.05, 0) is 19.3 Å². The van der Waals surface area contributed by atoms with Crippen LogP contribution in [-0.2, 0) is 25.0 Å². The van der Waals surface area contributed by atoms with Gasteiger partial charge >= 0.3 is 0 Å². The molecule has 3 fully saturated rings. The first-order chi connectivity index (χ1) is 9.20. The molecule has 3 unspecified atom stereocenters. The summed E-state index contributed by atoms with van der Waals surface area (Å²) in [5.74, 6) is -0.499. The standard InChI is InChI=1S/C13H23NO4S/c14-11-1-4-13(17-7-8-18-13)9-12(11)19(15)10-2-5-16-6-3-10/h10-12H,1-9,14H2. The quantitative estimate of drug-likeness (QED) is 0.803. The van der Waals surface area contributed by atoms with Crippen molar-refractivity contribution in [3.05, 3.63) is 0 Å². The van der Waals surface area contributed by atoms with Crippen LogP contribution < -0.4 is 5.73 Å². The maximum Gasteiger partial charge on any atom is 0.169 e. The minimum Gasteiger partial charge on any atom is -0.381 e. The molecule has 0 aromatic carbocycles. The fourth-order valence-electron chi connectivity index (χ4n) is 3.30. The number of nitrogens with two attached hydrogens (primary N) is 1. The number of rotatable bonds is 2. The lowest BCUT2D eigenvalue weighted by molar-refractivity contribution is -0.177. The van der Waals surface area contributed by atoms with Gasteiger partial charge in [0.2, 0.25) is 0 Å². The van der Waals surface area contributed by atoms with E-state index in [9.17, 15) is 4.21 Å². The van der Waals surface area contributed by atoms with E-state index < -0.39 is 16.6 Å². The maximum absolute atomic E-state index is 12.8. The van der Waals surface area contributed by atoms with Crippen molar-refractivity contribution in [3.8, 4) is 0 Å². The van der Waals surface area contributed by atoms with Crippen LogP contribution in [0.25, 0.3) is 0 Å². The van der Waals surface area contributed by atoms with Crippen molar-refractivity contribution >= 4 is 10.8 Å². The van der Waals surface area contributed by atoms with Crippen LogP contribution in [0.4, 0.5) is 0 Å². The van der Waals surface area contributed by atoms with Crippen molar-refractivity contribution < 1.29 is 18.4 Å². The van der Waals surface area contributed by atoms with E-state index in [1.165, 1.54) is 0 Å². The highest BCUT2D eigenvalue weighted by molar-refractivity contribution is 7.86. The van der Waals surface area contributed by atoms with Gasteiger partial charge in [0.1, 0.15) is 0 Å². The van der Waals surface area contributed by atoms with E-state index in [-0.39, 0.29) is 16.5 Å². The lowest BCUT2D eigenvalue weighted by atomic mass is 9.90. The van der Waals surface area contributed by atoms with Gasteiger partial charge in [0.25, 0.3) is 0 Å². The summed E-state index contributed by atoms with van der Waals surface area (Å²) in [6.07, 6.45) is 4.10. The fourth-order valence-corrected chi connectivity index (χ4v) is 5.35. The van der Waals surface area contributed by atoms with E-state index in [2.05, 4.69) is 0 Å². The third-order valence-electron chi connectivity index (χ3n) is 4.46. The van der Waals surface area contributed by atoms with Crippen LogP contribution in [0.2, 0.25) is 0 Å². The Hall–Kier alpha value is -0.0100. The third kappa shape index (κ3) is 2.88. The van der Waals surface area contributed by atoms with Gasteiger partial charge in [-0.1, -0.05) is 0 Å². The number of hydrogen-bond donors (Lipinski definition) is 1. The lowest BCUT2D eigenvalue weighted by Crippen LogP contribution is -2.52. The average molecular weight is 289 g/mol. The summed E-state index contributed by atoms with van der Waals surface area (Å²) >= 11 is 0. The van der Waals surface area contributed by atoms with Crippen molar-refractivity contribution in [1.82, 2.24) is 0 Å². The molecule has 1 spiro atoms. The molecule has 2 aliphatic heterocycles. The van der Waals surface area contributed by atoms with E-state index in [0.717, 1.165) is 38.9 Å². The SMILES string of the molecule is NC1CCC2(CC1S(=O)C1CCOCC1)OCCO2. The minimum absolute atomic E-state index is 0.00195. The van der Waals surface area contributed by atoms with Gasteiger partial charge in [0.05, 0.1) is 18.5 Å². The second kappa shape index (κ2) is 5.77. The molecule has 0 bridgehead atoms. The average Bonchev–Trinajstić information content (AvgIpc) is 2.90. The van der Waals surface area contributed by atoms with Gasteiger partial charge in [-0.2, -0.15) is 0 Å². The van der Waals surface area contributed by atoms with E-state index in [1.54, 1.807) is 0 Å². The number of ether oxygens (including phenoxy) is 3. The predicted molar refractivity (Wildman–Crippen MR) is 72.2 cm³/mol. The summed E-state index contributed by atoms with van der Waals surface area (Å²) in [4.78, 5) is 0. The van der Waals surface area contributed by atoms with Crippen LogP contribution in [0.1, 0.15) is 32.1 Å². The molecule has 1 saturated carbocycles. The molecular weight excluding hydrogens is 266 g/mol. The van der Waals surface area contributed by atoms with Gasteiger partial charge in [-0.25, -0.2) is 0 Å². The fraction of sp³-hybridized carbons (Fsp3) is 1.00. The minimum atomic E-state index is -0.910. The Balaban J connectivity index is 1.68. The van der Waals surface area contributed by atoms with Crippen LogP contribution in [0.3, 0.4) is 0 Å². The molecule has 110 valence electrons. The van der Waals surface area contributed by atoms with Gasteiger partial charge in [0.15, 0.2) is 5.79 Å². The largest absolute Gasteiger partial charge is 0.381 e. The summed E-state index contributed by atoms with van der Waals surface area (Å²) in [5.41, 5.74) is 6.20. The Kier molecular flexibility index (Phi) is 4.24. The molecule has 2 saturated heterocycles. The highest BCUT2D eigenvalue weighted by atomic mass is 32.2. The first-order valence-corrected chi connectivity index (χ1v) is 8.48. The van der Waals surface area contributed by atoms with E-state index in [4.69, 9.17) is 19.9 Å². The zero-order chi connectivity index (χ0) is 13.3. The molecule has 5 nitrogen and oxygen atoms in total. The molecule has 6 heteroatoms. The predicted octanol–water partition coefficient (Wildman–Crippen LogP) is 0.537. The Morgan fingerprint density at radius 1 is 1.05 bits per heavy atom. The molecule has 19 heavy (non-hydrogen) atoms. The number of hydrogen-bond acceptors (Lipinski definition) is 5. The highest BCUT2D eigenvalue weighted by Gasteiger charge is 2.47. The Morgan fingerprint density at radius 3 is 2.42 bits per heavy atom. The normalized spacial score (nSPS) is 37.5. The maximum atomic E-state index is 12.8. The van der Waals surface area contributed by atoms with Crippen LogP contribution in [0.15, 0.2) is 0 Å². The van der Waals surface area contributed by atoms with Gasteiger partial charge in [0, 0.05) is 48.1 Å². The first kappa shape index (κ1) is 13.9. The second-order valence-corrected chi connectivity index (χ2v) is 7.62. The Bertz CT molecular complexity index is 340. The van der Waals surface area contributed by atoms with E-state index in [0.29, 0.717) is 19.6 Å². The summed E-state index contributed by atoms with van der Waals surface area (Å²) in [6, 6.07) is 0.00195. The summed E-state index contributed by atoms with van der Waals surface area (Å²) in [5, 5.41) is 0.219. The molecule has 0 aromatic heterocycles. The zero-order valence-corrected chi connectivity index (χ0v) is 12.0. The van der Waals surface area contributed by atoms with Crippen LogP contribution >= 0.6 is 0 Å². The molecule has 2 heterocycles. The summed E-state index contributed by atoms with van der Waals surface area (Å²) in [7, 11) is -0.910. The van der Waals surface area contributed by atoms with E-state index in [1.807, 2.05) is 0 Å². The molecule has 1 aliphatic carbocycles. The molecular formula is C13H23NO4S. The zero-order valence-electron chi connectivity index (χ0n) is 11.2. The molecule has 3 rings (SSSR count). The molecule has 3 aliphatic rings.